The van der Waals surface area contributed by atoms with Gasteiger partial charge in [-0.2, -0.15) is 0 Å². The molecule has 3 aromatic rings. The summed E-state index contributed by atoms with van der Waals surface area (Å²) in [6, 6.07) is 9.35. The molecule has 0 saturated carbocycles. The van der Waals surface area contributed by atoms with Crippen molar-refractivity contribution < 1.29 is 5.11 Å². The van der Waals surface area contributed by atoms with Gasteiger partial charge in [0.15, 0.2) is 0 Å². The van der Waals surface area contributed by atoms with Gasteiger partial charge in [0, 0.05) is 28.9 Å². The van der Waals surface area contributed by atoms with Gasteiger partial charge in [-0.25, -0.2) is 15.0 Å². The van der Waals surface area contributed by atoms with Gasteiger partial charge in [0.2, 0.25) is 0 Å². The molecular weight excluding hydrogens is 414 g/mol. The molecule has 0 amide bonds. The predicted molar refractivity (Wildman–Crippen MR) is 133 cm³/mol. The fourth-order valence-corrected chi connectivity index (χ4v) is 3.51. The molecule has 3 heterocycles. The van der Waals surface area contributed by atoms with E-state index in [2.05, 4.69) is 15.3 Å². The maximum Gasteiger partial charge on any atom is 0.139 e. The number of aliphatic hydroxyl groups is 1. The lowest BCUT2D eigenvalue weighted by molar-refractivity contribution is 0.498. The van der Waals surface area contributed by atoms with Crippen LogP contribution in [0.3, 0.4) is 0 Å². The summed E-state index contributed by atoms with van der Waals surface area (Å²) < 4.78 is 1.90. The van der Waals surface area contributed by atoms with Gasteiger partial charge < -0.3 is 21.6 Å². The normalized spacial score (nSPS) is 16.7. The Bertz CT molecular complexity index is 1500. The fourth-order valence-electron chi connectivity index (χ4n) is 3.51. The number of aliphatic imine (C=N–C) groups is 1. The number of allylic oxidation sites excluding steroid dienone is 3. The number of imidazole rings is 1. The minimum Gasteiger partial charge on any atom is -0.512 e. The maximum atomic E-state index is 10.2. The van der Waals surface area contributed by atoms with Gasteiger partial charge in [-0.15, -0.1) is 0 Å². The van der Waals surface area contributed by atoms with Crippen molar-refractivity contribution >= 4 is 39.6 Å². The lowest BCUT2D eigenvalue weighted by Crippen LogP contribution is -2.33. The molecule has 0 bridgehead atoms. The third-order valence-electron chi connectivity index (χ3n) is 5.14. The Balaban J connectivity index is 1.82. The third-order valence-corrected chi connectivity index (χ3v) is 5.14. The molecule has 4 rings (SSSR count). The van der Waals surface area contributed by atoms with Crippen molar-refractivity contribution in [3.8, 4) is 5.82 Å². The number of aromatic nitrogens is 3. The number of nitrogens with two attached hydrogens (primary N) is 1. The van der Waals surface area contributed by atoms with E-state index in [1.165, 1.54) is 0 Å². The molecule has 0 unspecified atom stereocenters. The highest BCUT2D eigenvalue weighted by Gasteiger charge is 2.10. The standard InChI is InChI=1S/C25H25N7O/c1-15-13-28-11-10-19(15)25-20(17(3)33)6-9-24(31-25)32-14-29-21-12-18(5-7-22(21)32)30-23(27)8-4-16(2)26/h4-14,26,28,33H,1-3H3,(H2,27,30). The fraction of sp³-hybridized carbons (Fsp3) is 0.120. The second-order valence-electron chi connectivity index (χ2n) is 7.73. The number of nitrogens with zero attached hydrogens (tertiary/aromatic N) is 4. The topological polar surface area (TPSA) is 125 Å². The summed E-state index contributed by atoms with van der Waals surface area (Å²) in [5.41, 5.74) is 10.6. The van der Waals surface area contributed by atoms with Crippen LogP contribution in [0.1, 0.15) is 20.8 Å². The predicted octanol–water partition coefficient (Wildman–Crippen LogP) is 2.86. The quantitative estimate of drug-likeness (QED) is 0.367. The zero-order valence-corrected chi connectivity index (χ0v) is 18.7. The highest BCUT2D eigenvalue weighted by Crippen LogP contribution is 2.22. The van der Waals surface area contributed by atoms with Crippen LogP contribution in [-0.2, 0) is 0 Å². The number of amidine groups is 1. The molecule has 0 atom stereocenters. The van der Waals surface area contributed by atoms with Crippen LogP contribution in [0.25, 0.3) is 28.2 Å². The Morgan fingerprint density at radius 1 is 1.21 bits per heavy atom. The van der Waals surface area contributed by atoms with E-state index < -0.39 is 0 Å². The number of dihydropyridines is 1. The van der Waals surface area contributed by atoms with Gasteiger partial charge in [-0.05, 0) is 74.9 Å². The second-order valence-corrected chi connectivity index (χ2v) is 7.73. The molecule has 166 valence electrons. The Hall–Kier alpha value is -4.46. The molecule has 2 aromatic heterocycles. The Kier molecular flexibility index (Phi) is 5.91. The van der Waals surface area contributed by atoms with E-state index in [1.54, 1.807) is 32.3 Å². The van der Waals surface area contributed by atoms with Crippen molar-refractivity contribution in [2.45, 2.75) is 20.8 Å². The minimum atomic E-state index is 0.208. The number of aliphatic hydroxyl groups excluding tert-OH is 1. The van der Waals surface area contributed by atoms with E-state index >= 15 is 0 Å². The SMILES string of the molecule is CC(=N)C=CC(N)=Nc1ccc2c(c1)ncn2-c1ccc(=C(C)O)c(=C2C=CNC=C2C)n1. The average molecular weight is 440 g/mol. The largest absolute Gasteiger partial charge is 0.512 e. The second kappa shape index (κ2) is 8.96. The molecule has 0 radical (unpaired) electrons. The summed E-state index contributed by atoms with van der Waals surface area (Å²) in [6.07, 6.45) is 10.6. The van der Waals surface area contributed by atoms with Crippen molar-refractivity contribution in [2.75, 3.05) is 0 Å². The summed E-state index contributed by atoms with van der Waals surface area (Å²) >= 11 is 0. The molecule has 0 spiro atoms. The van der Waals surface area contributed by atoms with E-state index in [9.17, 15) is 5.11 Å². The van der Waals surface area contributed by atoms with Crippen LogP contribution in [0.15, 0.2) is 77.9 Å². The minimum absolute atomic E-state index is 0.208. The molecule has 8 nitrogen and oxygen atoms in total. The number of hydrogen-bond donors (Lipinski definition) is 4. The van der Waals surface area contributed by atoms with Crippen LogP contribution >= 0.6 is 0 Å². The van der Waals surface area contributed by atoms with Gasteiger partial charge in [-0.3, -0.25) is 4.57 Å². The summed E-state index contributed by atoms with van der Waals surface area (Å²) in [6.45, 7) is 5.32. The molecular formula is C25H25N7O. The van der Waals surface area contributed by atoms with Crippen molar-refractivity contribution in [2.24, 2.45) is 10.7 Å². The van der Waals surface area contributed by atoms with Gasteiger partial charge in [0.1, 0.15) is 18.0 Å². The van der Waals surface area contributed by atoms with E-state index in [0.717, 1.165) is 22.2 Å². The van der Waals surface area contributed by atoms with Gasteiger partial charge >= 0.3 is 0 Å². The molecule has 1 aromatic carbocycles. The average Bonchev–Trinajstić information content (AvgIpc) is 3.21. The number of benzene rings is 1. The first kappa shape index (κ1) is 21.8. The number of pyridine rings is 1. The van der Waals surface area contributed by atoms with E-state index in [1.807, 2.05) is 60.3 Å². The Labute approximate surface area is 191 Å². The lowest BCUT2D eigenvalue weighted by Gasteiger charge is -2.10. The van der Waals surface area contributed by atoms with Crippen LogP contribution in [0, 0.1) is 5.41 Å². The third kappa shape index (κ3) is 4.59. The van der Waals surface area contributed by atoms with Crippen molar-refractivity contribution in [3.05, 3.63) is 83.4 Å². The van der Waals surface area contributed by atoms with E-state index in [-0.39, 0.29) is 5.76 Å². The van der Waals surface area contributed by atoms with Crippen LogP contribution in [-0.4, -0.2) is 31.2 Å². The monoisotopic (exact) mass is 439 g/mol. The molecule has 5 N–H and O–H groups in total. The van der Waals surface area contributed by atoms with Crippen LogP contribution in [0.5, 0.6) is 0 Å². The van der Waals surface area contributed by atoms with Gasteiger partial charge in [-0.1, -0.05) is 0 Å². The Morgan fingerprint density at radius 2 is 2.03 bits per heavy atom. The molecule has 1 aliphatic heterocycles. The first-order valence-electron chi connectivity index (χ1n) is 10.4. The Morgan fingerprint density at radius 3 is 2.76 bits per heavy atom. The van der Waals surface area contributed by atoms with Crippen LogP contribution in [0.2, 0.25) is 0 Å². The summed E-state index contributed by atoms with van der Waals surface area (Å²) in [4.78, 5) is 13.8. The molecule has 1 aliphatic rings. The molecule has 33 heavy (non-hydrogen) atoms. The highest BCUT2D eigenvalue weighted by atomic mass is 16.3. The number of hydrogen-bond acceptors (Lipinski definition) is 6. The molecule has 0 aliphatic carbocycles. The zero-order valence-electron chi connectivity index (χ0n) is 18.7. The molecule has 0 fully saturated rings. The smallest absolute Gasteiger partial charge is 0.139 e. The van der Waals surface area contributed by atoms with Gasteiger partial charge in [0.05, 0.1) is 27.8 Å². The first-order chi connectivity index (χ1) is 15.8. The summed E-state index contributed by atoms with van der Waals surface area (Å²) in [5.74, 6) is 1.21. The van der Waals surface area contributed by atoms with Crippen molar-refractivity contribution in [1.82, 2.24) is 19.9 Å². The zero-order chi connectivity index (χ0) is 23.5. The van der Waals surface area contributed by atoms with E-state index in [0.29, 0.717) is 33.6 Å². The van der Waals surface area contributed by atoms with Gasteiger partial charge in [0.25, 0.3) is 0 Å². The first-order valence-corrected chi connectivity index (χ1v) is 10.4. The van der Waals surface area contributed by atoms with Crippen LogP contribution in [0.4, 0.5) is 5.69 Å². The molecule has 0 saturated heterocycles. The lowest BCUT2D eigenvalue weighted by atomic mass is 10.1. The van der Waals surface area contributed by atoms with Crippen LogP contribution < -0.4 is 21.6 Å². The van der Waals surface area contributed by atoms with Crippen molar-refractivity contribution in [1.29, 1.82) is 5.41 Å². The van der Waals surface area contributed by atoms with E-state index in [4.69, 9.17) is 16.1 Å². The molecule has 8 heteroatoms. The number of nitrogens with one attached hydrogen (secondary N) is 2. The van der Waals surface area contributed by atoms with Crippen molar-refractivity contribution in [3.63, 3.8) is 0 Å². The number of fused-ring (bicyclic) bond motifs is 1. The summed E-state index contributed by atoms with van der Waals surface area (Å²) in [5, 5.41) is 22.1. The maximum absolute atomic E-state index is 10.2. The number of rotatable bonds is 4. The summed E-state index contributed by atoms with van der Waals surface area (Å²) in [7, 11) is 0. The highest BCUT2D eigenvalue weighted by molar-refractivity contribution is 6.00.